The van der Waals surface area contributed by atoms with E-state index in [1.807, 2.05) is 0 Å². The summed E-state index contributed by atoms with van der Waals surface area (Å²) in [5, 5.41) is 0. The molecule has 0 aliphatic heterocycles. The topological polar surface area (TPSA) is 29.3 Å². The number of benzene rings is 2. The fourth-order valence-corrected chi connectivity index (χ4v) is 2.39. The van der Waals surface area contributed by atoms with Crippen LogP contribution in [-0.4, -0.2) is 7.05 Å². The van der Waals surface area contributed by atoms with Crippen molar-refractivity contribution in [1.82, 2.24) is 0 Å². The summed E-state index contributed by atoms with van der Waals surface area (Å²) in [4.78, 5) is 2.26. The highest BCUT2D eigenvalue weighted by molar-refractivity contribution is 5.48. The second-order valence-corrected chi connectivity index (χ2v) is 5.45. The highest BCUT2D eigenvalue weighted by Gasteiger charge is 2.05. The lowest BCUT2D eigenvalue weighted by Crippen LogP contribution is -2.16. The van der Waals surface area contributed by atoms with Crippen LogP contribution in [-0.2, 0) is 6.54 Å². The van der Waals surface area contributed by atoms with Crippen LogP contribution in [0, 0.1) is 6.92 Å². The molecule has 0 radical (unpaired) electrons. The molecular weight excluding hydrogens is 244 g/mol. The molecule has 20 heavy (non-hydrogen) atoms. The lowest BCUT2D eigenvalue weighted by Gasteiger charge is -2.20. The molecule has 0 heterocycles. The van der Waals surface area contributed by atoms with Gasteiger partial charge in [0.15, 0.2) is 0 Å². The lowest BCUT2D eigenvalue weighted by molar-refractivity contribution is 0.698. The molecule has 0 saturated carbocycles. The molecule has 2 N–H and O–H groups in total. The fraction of sp³-hybridized carbons (Fsp3) is 0.333. The Bertz CT molecular complexity index is 546. The molecule has 2 rings (SSSR count). The van der Waals surface area contributed by atoms with E-state index in [2.05, 4.69) is 74.3 Å². The molecule has 1 unspecified atom stereocenters. The minimum Gasteiger partial charge on any atom is -0.370 e. The highest BCUT2D eigenvalue weighted by Crippen LogP contribution is 2.20. The molecule has 0 spiro atoms. The predicted molar refractivity (Wildman–Crippen MR) is 86.9 cm³/mol. The Balaban J connectivity index is 2.07. The number of nitrogens with two attached hydrogens (primary N) is 1. The van der Waals surface area contributed by atoms with Gasteiger partial charge in [-0.2, -0.15) is 0 Å². The number of nitrogens with zero attached hydrogens (tertiary/aromatic N) is 1. The minimum absolute atomic E-state index is 0.145. The van der Waals surface area contributed by atoms with Crippen molar-refractivity contribution >= 4 is 5.69 Å². The normalized spacial score (nSPS) is 12.2. The summed E-state index contributed by atoms with van der Waals surface area (Å²) in [5.74, 6) is 0. The van der Waals surface area contributed by atoms with Crippen LogP contribution >= 0.6 is 0 Å². The van der Waals surface area contributed by atoms with E-state index in [0.717, 1.165) is 13.0 Å². The third-order valence-electron chi connectivity index (χ3n) is 3.70. The molecule has 0 bridgehead atoms. The summed E-state index contributed by atoms with van der Waals surface area (Å²) in [5.41, 5.74) is 11.1. The van der Waals surface area contributed by atoms with Crippen LogP contribution < -0.4 is 10.6 Å². The van der Waals surface area contributed by atoms with Gasteiger partial charge in [-0.15, -0.1) is 0 Å². The minimum atomic E-state index is 0.145. The highest BCUT2D eigenvalue weighted by atomic mass is 15.1. The Labute approximate surface area is 122 Å². The van der Waals surface area contributed by atoms with E-state index < -0.39 is 0 Å². The molecule has 0 aliphatic rings. The second kappa shape index (κ2) is 6.58. The van der Waals surface area contributed by atoms with E-state index in [-0.39, 0.29) is 6.04 Å². The van der Waals surface area contributed by atoms with Crippen molar-refractivity contribution in [3.63, 3.8) is 0 Å². The van der Waals surface area contributed by atoms with E-state index in [0.29, 0.717) is 0 Å². The third-order valence-corrected chi connectivity index (χ3v) is 3.70. The van der Waals surface area contributed by atoms with Gasteiger partial charge in [0.05, 0.1) is 0 Å². The van der Waals surface area contributed by atoms with Gasteiger partial charge in [0, 0.05) is 25.3 Å². The molecular formula is C18H24N2. The largest absolute Gasteiger partial charge is 0.370 e. The predicted octanol–water partition coefficient (Wildman–Crippen LogP) is 4.04. The second-order valence-electron chi connectivity index (χ2n) is 5.45. The summed E-state index contributed by atoms with van der Waals surface area (Å²) in [6.07, 6.45) is 0.971. The molecule has 2 nitrogen and oxygen atoms in total. The van der Waals surface area contributed by atoms with E-state index in [4.69, 9.17) is 5.73 Å². The molecule has 0 saturated heterocycles. The number of hydrogen-bond acceptors (Lipinski definition) is 2. The molecule has 0 amide bonds. The van der Waals surface area contributed by atoms with Crippen molar-refractivity contribution in [1.29, 1.82) is 0 Å². The summed E-state index contributed by atoms with van der Waals surface area (Å²) >= 11 is 0. The van der Waals surface area contributed by atoms with E-state index in [1.165, 1.54) is 22.4 Å². The average Bonchev–Trinajstić information content (AvgIpc) is 2.46. The van der Waals surface area contributed by atoms with Gasteiger partial charge in [-0.1, -0.05) is 48.9 Å². The number of aryl methyl sites for hydroxylation is 1. The van der Waals surface area contributed by atoms with Crippen LogP contribution in [0.4, 0.5) is 5.69 Å². The van der Waals surface area contributed by atoms with E-state index in [9.17, 15) is 0 Å². The summed E-state index contributed by atoms with van der Waals surface area (Å²) < 4.78 is 0. The Morgan fingerprint density at radius 3 is 2.40 bits per heavy atom. The van der Waals surface area contributed by atoms with Crippen molar-refractivity contribution in [3.05, 3.63) is 65.2 Å². The van der Waals surface area contributed by atoms with Crippen LogP contribution in [0.5, 0.6) is 0 Å². The van der Waals surface area contributed by atoms with Gasteiger partial charge in [-0.05, 0) is 36.6 Å². The maximum atomic E-state index is 6.05. The van der Waals surface area contributed by atoms with Gasteiger partial charge in [-0.25, -0.2) is 0 Å². The third kappa shape index (κ3) is 3.61. The quantitative estimate of drug-likeness (QED) is 0.886. The van der Waals surface area contributed by atoms with Gasteiger partial charge in [0.2, 0.25) is 0 Å². The van der Waals surface area contributed by atoms with Gasteiger partial charge in [0.25, 0.3) is 0 Å². The Hall–Kier alpha value is -1.80. The van der Waals surface area contributed by atoms with Gasteiger partial charge in [-0.3, -0.25) is 0 Å². The van der Waals surface area contributed by atoms with Gasteiger partial charge >= 0.3 is 0 Å². The van der Waals surface area contributed by atoms with E-state index in [1.54, 1.807) is 0 Å². The van der Waals surface area contributed by atoms with E-state index >= 15 is 0 Å². The van der Waals surface area contributed by atoms with Crippen molar-refractivity contribution < 1.29 is 0 Å². The molecule has 2 heteroatoms. The molecule has 0 aliphatic carbocycles. The molecule has 0 aromatic heterocycles. The fourth-order valence-electron chi connectivity index (χ4n) is 2.39. The smallest absolute Gasteiger partial charge is 0.0426 e. The average molecular weight is 268 g/mol. The maximum Gasteiger partial charge on any atom is 0.0426 e. The van der Waals surface area contributed by atoms with Crippen LogP contribution in [0.15, 0.2) is 48.5 Å². The zero-order valence-electron chi connectivity index (χ0n) is 12.6. The van der Waals surface area contributed by atoms with Crippen LogP contribution in [0.2, 0.25) is 0 Å². The van der Waals surface area contributed by atoms with Crippen molar-refractivity contribution in [3.8, 4) is 0 Å². The first-order chi connectivity index (χ1) is 9.60. The molecule has 2 aromatic carbocycles. The van der Waals surface area contributed by atoms with Crippen LogP contribution in [0.25, 0.3) is 0 Å². The van der Waals surface area contributed by atoms with Gasteiger partial charge < -0.3 is 10.6 Å². The standard InChI is InChI=1S/C18H24N2/c1-4-18(19)16-8-10-17(11-9-16)20(3)13-15-7-5-6-14(2)12-15/h5-12,18H,4,13,19H2,1-3H3. The summed E-state index contributed by atoms with van der Waals surface area (Å²) in [6.45, 7) is 5.16. The van der Waals surface area contributed by atoms with Gasteiger partial charge in [0.1, 0.15) is 0 Å². The maximum absolute atomic E-state index is 6.05. The zero-order valence-corrected chi connectivity index (χ0v) is 12.6. The summed E-state index contributed by atoms with van der Waals surface area (Å²) in [7, 11) is 2.12. The monoisotopic (exact) mass is 268 g/mol. The molecule has 0 fully saturated rings. The molecule has 106 valence electrons. The Kier molecular flexibility index (Phi) is 4.80. The molecule has 1 atom stereocenters. The SMILES string of the molecule is CCC(N)c1ccc(N(C)Cc2cccc(C)c2)cc1. The van der Waals surface area contributed by atoms with Crippen LogP contribution in [0.3, 0.4) is 0 Å². The first-order valence-electron chi connectivity index (χ1n) is 7.22. The van der Waals surface area contributed by atoms with Crippen molar-refractivity contribution in [2.75, 3.05) is 11.9 Å². The number of anilines is 1. The number of hydrogen-bond donors (Lipinski definition) is 1. The van der Waals surface area contributed by atoms with Crippen LogP contribution in [0.1, 0.15) is 36.1 Å². The Morgan fingerprint density at radius 2 is 1.80 bits per heavy atom. The Morgan fingerprint density at radius 1 is 1.10 bits per heavy atom. The number of rotatable bonds is 5. The first-order valence-corrected chi connectivity index (χ1v) is 7.22. The van der Waals surface area contributed by atoms with Crippen molar-refractivity contribution in [2.45, 2.75) is 32.9 Å². The lowest BCUT2D eigenvalue weighted by atomic mass is 10.0. The van der Waals surface area contributed by atoms with Crippen molar-refractivity contribution in [2.24, 2.45) is 5.73 Å². The summed E-state index contributed by atoms with van der Waals surface area (Å²) in [6, 6.07) is 17.4. The molecule has 2 aromatic rings. The zero-order chi connectivity index (χ0) is 14.5. The first kappa shape index (κ1) is 14.6.